The van der Waals surface area contributed by atoms with Crippen LogP contribution in [0.25, 0.3) is 11.4 Å². The fraction of sp³-hybridized carbons (Fsp3) is 0.136. The molecule has 0 aliphatic carbocycles. The molecule has 4 amide bonds. The van der Waals surface area contributed by atoms with E-state index in [1.54, 1.807) is 36.5 Å². The van der Waals surface area contributed by atoms with Gasteiger partial charge in [-0.15, -0.1) is 0 Å². The molecule has 11 nitrogen and oxygen atoms in total. The maximum absolute atomic E-state index is 12.3. The van der Waals surface area contributed by atoms with Crippen molar-refractivity contribution in [1.29, 1.82) is 0 Å². The Morgan fingerprint density at radius 1 is 0.667 bits per heavy atom. The summed E-state index contributed by atoms with van der Waals surface area (Å²) in [5.41, 5.74) is 2.01. The summed E-state index contributed by atoms with van der Waals surface area (Å²) in [7, 11) is 0. The Balaban J connectivity index is 1.37. The number of hydrogen-bond acceptors (Lipinski definition) is 7. The zero-order chi connectivity index (χ0) is 23.5. The molecule has 0 aliphatic heterocycles. The molecule has 0 aromatic carbocycles. The minimum Gasteiger partial charge on any atom is -0.346 e. The van der Waals surface area contributed by atoms with E-state index in [0.29, 0.717) is 22.6 Å². The number of nitrogens with zero attached hydrogens (tertiary/aromatic N) is 3. The number of hydrogen-bond donors (Lipinski definition) is 4. The van der Waals surface area contributed by atoms with Crippen LogP contribution in [0.15, 0.2) is 67.3 Å². The highest BCUT2D eigenvalue weighted by Crippen LogP contribution is 2.14. The molecular formula is C22H21N7O4. The molecule has 168 valence electrons. The van der Waals surface area contributed by atoms with Crippen molar-refractivity contribution in [1.82, 2.24) is 30.9 Å². The molecule has 0 fully saturated rings. The number of carbonyl (C=O) groups excluding carboxylic acids is 4. The Hall–Kier alpha value is -4.67. The highest BCUT2D eigenvalue weighted by Gasteiger charge is 2.12. The van der Waals surface area contributed by atoms with E-state index >= 15 is 0 Å². The fourth-order valence-electron chi connectivity index (χ4n) is 2.61. The van der Waals surface area contributed by atoms with Gasteiger partial charge in [0.1, 0.15) is 0 Å². The lowest BCUT2D eigenvalue weighted by Gasteiger charge is -2.09. The lowest BCUT2D eigenvalue weighted by atomic mass is 10.1. The van der Waals surface area contributed by atoms with Gasteiger partial charge in [0.05, 0.1) is 31.0 Å². The summed E-state index contributed by atoms with van der Waals surface area (Å²) in [5.74, 6) is -2.00. The van der Waals surface area contributed by atoms with Gasteiger partial charge in [0, 0.05) is 36.0 Å². The zero-order valence-corrected chi connectivity index (χ0v) is 17.4. The van der Waals surface area contributed by atoms with Crippen LogP contribution in [0.4, 0.5) is 5.69 Å². The van der Waals surface area contributed by atoms with Gasteiger partial charge >= 0.3 is 0 Å². The van der Waals surface area contributed by atoms with E-state index in [0.717, 1.165) is 0 Å². The molecule has 3 heterocycles. The maximum Gasteiger partial charge on any atom is 0.251 e. The van der Waals surface area contributed by atoms with Crippen LogP contribution in [0, 0.1) is 0 Å². The van der Waals surface area contributed by atoms with E-state index in [9.17, 15) is 19.2 Å². The van der Waals surface area contributed by atoms with Gasteiger partial charge in [0.2, 0.25) is 17.7 Å². The Morgan fingerprint density at radius 3 is 2.03 bits per heavy atom. The quantitative estimate of drug-likeness (QED) is 0.364. The average molecular weight is 447 g/mol. The molecule has 0 aliphatic rings. The fourth-order valence-corrected chi connectivity index (χ4v) is 2.61. The molecule has 0 atom stereocenters. The lowest BCUT2D eigenvalue weighted by molar-refractivity contribution is -0.126. The van der Waals surface area contributed by atoms with Crippen LogP contribution < -0.4 is 21.3 Å². The monoisotopic (exact) mass is 447 g/mol. The standard InChI is InChI=1S/C22H21N7O4/c30-19(27-14-21(32)29-16-5-8-23-9-6-16)12-26-20(31)13-28-22(33)15-4-10-25-18(11-15)17-3-1-2-7-24-17/h1-11H,12-14H2,(H,26,31)(H,27,30)(H,28,33)(H,23,29,32). The van der Waals surface area contributed by atoms with Gasteiger partial charge in [0.15, 0.2) is 0 Å². The smallest absolute Gasteiger partial charge is 0.251 e. The molecule has 0 unspecified atom stereocenters. The van der Waals surface area contributed by atoms with Gasteiger partial charge in [-0.3, -0.25) is 34.1 Å². The largest absolute Gasteiger partial charge is 0.346 e. The van der Waals surface area contributed by atoms with Crippen LogP contribution in [0.5, 0.6) is 0 Å². The van der Waals surface area contributed by atoms with Gasteiger partial charge in [-0.2, -0.15) is 0 Å². The summed E-state index contributed by atoms with van der Waals surface area (Å²) in [6, 6.07) is 11.7. The van der Waals surface area contributed by atoms with Gasteiger partial charge in [0.25, 0.3) is 5.91 Å². The van der Waals surface area contributed by atoms with E-state index in [-0.39, 0.29) is 19.6 Å². The van der Waals surface area contributed by atoms with Gasteiger partial charge in [-0.25, -0.2) is 0 Å². The average Bonchev–Trinajstić information content (AvgIpc) is 2.86. The molecule has 0 saturated heterocycles. The first kappa shape index (κ1) is 23.0. The third-order valence-electron chi connectivity index (χ3n) is 4.22. The molecule has 3 aromatic heterocycles. The van der Waals surface area contributed by atoms with Crippen molar-refractivity contribution < 1.29 is 19.2 Å². The Labute approximate surface area is 189 Å². The lowest BCUT2D eigenvalue weighted by Crippen LogP contribution is -2.43. The topological polar surface area (TPSA) is 155 Å². The van der Waals surface area contributed by atoms with Crippen molar-refractivity contribution in [3.8, 4) is 11.4 Å². The molecule has 0 saturated carbocycles. The molecule has 0 spiro atoms. The molecular weight excluding hydrogens is 426 g/mol. The Kier molecular flexibility index (Phi) is 8.12. The summed E-state index contributed by atoms with van der Waals surface area (Å²) in [6.45, 7) is -0.916. The Morgan fingerprint density at radius 2 is 1.33 bits per heavy atom. The van der Waals surface area contributed by atoms with Crippen LogP contribution in [0.2, 0.25) is 0 Å². The maximum atomic E-state index is 12.3. The van der Waals surface area contributed by atoms with Crippen LogP contribution in [-0.2, 0) is 14.4 Å². The minimum absolute atomic E-state index is 0.256. The second-order valence-electron chi connectivity index (χ2n) is 6.66. The Bertz CT molecular complexity index is 1120. The van der Waals surface area contributed by atoms with Crippen LogP contribution >= 0.6 is 0 Å². The van der Waals surface area contributed by atoms with Crippen molar-refractivity contribution >= 4 is 29.3 Å². The molecule has 3 aromatic rings. The molecule has 4 N–H and O–H groups in total. The summed E-state index contributed by atoms with van der Waals surface area (Å²) in [4.78, 5) is 60.1. The molecule has 0 bridgehead atoms. The molecule has 0 radical (unpaired) electrons. The predicted octanol–water partition coefficient (Wildman–Crippen LogP) is 0.140. The number of amides is 4. The third-order valence-corrected chi connectivity index (χ3v) is 4.22. The van der Waals surface area contributed by atoms with E-state index in [1.165, 1.54) is 24.7 Å². The molecule has 3 rings (SSSR count). The van der Waals surface area contributed by atoms with E-state index < -0.39 is 23.6 Å². The van der Waals surface area contributed by atoms with Gasteiger partial charge in [-0.1, -0.05) is 6.07 Å². The summed E-state index contributed by atoms with van der Waals surface area (Å²) < 4.78 is 0. The number of nitrogens with one attached hydrogen (secondary N) is 4. The zero-order valence-electron chi connectivity index (χ0n) is 17.4. The number of anilines is 1. The summed E-state index contributed by atoms with van der Waals surface area (Å²) in [5, 5.41) is 9.83. The second kappa shape index (κ2) is 11.6. The molecule has 11 heteroatoms. The van der Waals surface area contributed by atoms with Crippen LogP contribution in [0.3, 0.4) is 0 Å². The first-order chi connectivity index (χ1) is 16.0. The predicted molar refractivity (Wildman–Crippen MR) is 119 cm³/mol. The summed E-state index contributed by atoms with van der Waals surface area (Å²) in [6.07, 6.45) is 6.15. The number of carbonyl (C=O) groups is 4. The first-order valence-electron chi connectivity index (χ1n) is 9.90. The number of pyridine rings is 3. The minimum atomic E-state index is -0.557. The van der Waals surface area contributed by atoms with E-state index in [2.05, 4.69) is 36.2 Å². The van der Waals surface area contributed by atoms with Crippen molar-refractivity contribution in [2.24, 2.45) is 0 Å². The van der Waals surface area contributed by atoms with Crippen molar-refractivity contribution in [2.75, 3.05) is 25.0 Å². The van der Waals surface area contributed by atoms with Gasteiger partial charge < -0.3 is 21.3 Å². The van der Waals surface area contributed by atoms with Crippen molar-refractivity contribution in [3.05, 3.63) is 72.8 Å². The van der Waals surface area contributed by atoms with Crippen LogP contribution in [-0.4, -0.2) is 58.2 Å². The SMILES string of the molecule is O=C(CNC(=O)CNC(=O)c1ccnc(-c2ccccn2)c1)NCC(=O)Nc1ccncc1. The number of aromatic nitrogens is 3. The highest BCUT2D eigenvalue weighted by molar-refractivity contribution is 5.98. The number of rotatable bonds is 9. The third kappa shape index (κ3) is 7.51. The van der Waals surface area contributed by atoms with Gasteiger partial charge in [-0.05, 0) is 36.4 Å². The van der Waals surface area contributed by atoms with E-state index in [4.69, 9.17) is 0 Å². The van der Waals surface area contributed by atoms with Crippen molar-refractivity contribution in [3.63, 3.8) is 0 Å². The van der Waals surface area contributed by atoms with Crippen molar-refractivity contribution in [2.45, 2.75) is 0 Å². The summed E-state index contributed by atoms with van der Waals surface area (Å²) >= 11 is 0. The molecule has 33 heavy (non-hydrogen) atoms. The van der Waals surface area contributed by atoms with E-state index in [1.807, 2.05) is 6.07 Å². The van der Waals surface area contributed by atoms with Crippen LogP contribution in [0.1, 0.15) is 10.4 Å². The second-order valence-corrected chi connectivity index (χ2v) is 6.66. The highest BCUT2D eigenvalue weighted by atomic mass is 16.2. The first-order valence-corrected chi connectivity index (χ1v) is 9.90. The normalized spacial score (nSPS) is 10.1.